The lowest BCUT2D eigenvalue weighted by atomic mass is 9.87. The summed E-state index contributed by atoms with van der Waals surface area (Å²) in [5.74, 6) is 0.744. The highest BCUT2D eigenvalue weighted by molar-refractivity contribution is 4.72. The lowest BCUT2D eigenvalue weighted by molar-refractivity contribution is 0.263. The topological polar surface area (TPSA) is 29.3 Å². The zero-order valence-corrected chi connectivity index (χ0v) is 11.5. The Morgan fingerprint density at radius 1 is 1.20 bits per heavy atom. The smallest absolute Gasteiger partial charge is 0.00559 e. The first kappa shape index (κ1) is 14.9. The molecule has 2 nitrogen and oxygen atoms in total. The molecule has 2 N–H and O–H groups in total. The van der Waals surface area contributed by atoms with Crippen molar-refractivity contribution in [3.63, 3.8) is 0 Å². The Hall–Kier alpha value is -0.0800. The van der Waals surface area contributed by atoms with Crippen LogP contribution in [0.2, 0.25) is 0 Å². The molecule has 0 amide bonds. The minimum Gasteiger partial charge on any atom is -0.328 e. The van der Waals surface area contributed by atoms with Gasteiger partial charge in [0.05, 0.1) is 0 Å². The molecule has 1 atom stereocenters. The molecule has 0 aromatic carbocycles. The maximum atomic E-state index is 6.11. The highest BCUT2D eigenvalue weighted by Gasteiger charge is 2.15. The van der Waals surface area contributed by atoms with Crippen LogP contribution in [0.4, 0.5) is 0 Å². The van der Waals surface area contributed by atoms with Crippen LogP contribution in [0.3, 0.4) is 0 Å². The molecule has 0 aliphatic rings. The maximum Gasteiger partial charge on any atom is 0.00559 e. The summed E-state index contributed by atoms with van der Waals surface area (Å²) in [4.78, 5) is 2.38. The molecule has 92 valence electrons. The summed E-state index contributed by atoms with van der Waals surface area (Å²) in [5.41, 5.74) is 6.47. The average Bonchev–Trinajstić information content (AvgIpc) is 1.96. The molecule has 0 aromatic rings. The van der Waals surface area contributed by atoms with Crippen LogP contribution in [-0.2, 0) is 0 Å². The van der Waals surface area contributed by atoms with E-state index in [1.54, 1.807) is 0 Å². The summed E-state index contributed by atoms with van der Waals surface area (Å²) in [6.07, 6.45) is 2.23. The van der Waals surface area contributed by atoms with E-state index >= 15 is 0 Å². The van der Waals surface area contributed by atoms with Gasteiger partial charge in [-0.1, -0.05) is 34.6 Å². The zero-order valence-electron chi connectivity index (χ0n) is 11.5. The summed E-state index contributed by atoms with van der Waals surface area (Å²) < 4.78 is 0. The van der Waals surface area contributed by atoms with Crippen molar-refractivity contribution in [2.24, 2.45) is 17.1 Å². The molecular weight excluding hydrogens is 184 g/mol. The molecule has 0 radical (unpaired) electrons. The van der Waals surface area contributed by atoms with Crippen LogP contribution in [0.15, 0.2) is 0 Å². The van der Waals surface area contributed by atoms with Gasteiger partial charge in [-0.25, -0.2) is 0 Å². The summed E-state index contributed by atoms with van der Waals surface area (Å²) >= 11 is 0. The van der Waals surface area contributed by atoms with Crippen LogP contribution in [-0.4, -0.2) is 31.1 Å². The van der Waals surface area contributed by atoms with Crippen LogP contribution >= 0.6 is 0 Å². The molecule has 0 rings (SSSR count). The van der Waals surface area contributed by atoms with Gasteiger partial charge >= 0.3 is 0 Å². The van der Waals surface area contributed by atoms with Crippen LogP contribution < -0.4 is 5.73 Å². The Kier molecular flexibility index (Phi) is 6.46. The molecule has 0 aliphatic carbocycles. The number of nitrogens with two attached hydrogens (primary N) is 1. The standard InChI is InChI=1S/C13H30N2/c1-11(2)10-15(6)8-7-12(14)9-13(3,4)5/h11-12H,7-10,14H2,1-6H3. The first-order valence-electron chi connectivity index (χ1n) is 6.15. The van der Waals surface area contributed by atoms with E-state index in [1.807, 2.05) is 0 Å². The molecule has 0 saturated carbocycles. The molecule has 0 aliphatic heterocycles. The SMILES string of the molecule is CC(C)CN(C)CCC(N)CC(C)(C)C. The van der Waals surface area contributed by atoms with Gasteiger partial charge in [0.25, 0.3) is 0 Å². The highest BCUT2D eigenvalue weighted by Crippen LogP contribution is 2.21. The summed E-state index contributed by atoms with van der Waals surface area (Å²) in [7, 11) is 2.18. The van der Waals surface area contributed by atoms with Crippen molar-refractivity contribution in [3.8, 4) is 0 Å². The Morgan fingerprint density at radius 3 is 2.13 bits per heavy atom. The van der Waals surface area contributed by atoms with E-state index in [2.05, 4.69) is 46.6 Å². The number of hydrogen-bond donors (Lipinski definition) is 1. The highest BCUT2D eigenvalue weighted by atomic mass is 15.1. The Bertz CT molecular complexity index is 158. The second-order valence-electron chi connectivity index (χ2n) is 6.47. The molecule has 0 spiro atoms. The quantitative estimate of drug-likeness (QED) is 0.736. The second kappa shape index (κ2) is 6.49. The van der Waals surface area contributed by atoms with Crippen LogP contribution in [0.5, 0.6) is 0 Å². The molecule has 2 heteroatoms. The Labute approximate surface area is 96.2 Å². The first-order chi connectivity index (χ1) is 6.70. The summed E-state index contributed by atoms with van der Waals surface area (Å²) in [5, 5.41) is 0. The molecule has 0 aromatic heterocycles. The molecular formula is C13H30N2. The van der Waals surface area contributed by atoms with E-state index in [9.17, 15) is 0 Å². The number of rotatable bonds is 6. The van der Waals surface area contributed by atoms with Crippen molar-refractivity contribution >= 4 is 0 Å². The fraction of sp³-hybridized carbons (Fsp3) is 1.00. The summed E-state index contributed by atoms with van der Waals surface area (Å²) in [6, 6.07) is 0.347. The van der Waals surface area contributed by atoms with E-state index < -0.39 is 0 Å². The third-order valence-corrected chi connectivity index (χ3v) is 2.43. The second-order valence-corrected chi connectivity index (χ2v) is 6.47. The van der Waals surface area contributed by atoms with E-state index in [1.165, 1.54) is 6.54 Å². The Morgan fingerprint density at radius 2 is 1.73 bits per heavy atom. The summed E-state index contributed by atoms with van der Waals surface area (Å²) in [6.45, 7) is 13.6. The van der Waals surface area contributed by atoms with Gasteiger partial charge in [-0.2, -0.15) is 0 Å². The fourth-order valence-corrected chi connectivity index (χ4v) is 1.99. The lowest BCUT2D eigenvalue weighted by Gasteiger charge is -2.25. The van der Waals surface area contributed by atoms with E-state index in [0.29, 0.717) is 11.5 Å². The third kappa shape index (κ3) is 10.2. The van der Waals surface area contributed by atoms with Crippen LogP contribution in [0.1, 0.15) is 47.5 Å². The van der Waals surface area contributed by atoms with Gasteiger partial charge in [0.2, 0.25) is 0 Å². The van der Waals surface area contributed by atoms with Gasteiger partial charge in [-0.3, -0.25) is 0 Å². The predicted octanol–water partition coefficient (Wildman–Crippen LogP) is 2.73. The number of hydrogen-bond acceptors (Lipinski definition) is 2. The minimum atomic E-state index is 0.347. The van der Waals surface area contributed by atoms with Gasteiger partial charge in [-0.15, -0.1) is 0 Å². The van der Waals surface area contributed by atoms with Gasteiger partial charge in [0.15, 0.2) is 0 Å². The van der Waals surface area contributed by atoms with Crippen molar-refractivity contribution in [2.75, 3.05) is 20.1 Å². The first-order valence-corrected chi connectivity index (χ1v) is 6.15. The van der Waals surface area contributed by atoms with Gasteiger partial charge < -0.3 is 10.6 Å². The van der Waals surface area contributed by atoms with Crippen molar-refractivity contribution in [3.05, 3.63) is 0 Å². The third-order valence-electron chi connectivity index (χ3n) is 2.43. The predicted molar refractivity (Wildman–Crippen MR) is 69.0 cm³/mol. The number of nitrogens with zero attached hydrogens (tertiary/aromatic N) is 1. The average molecular weight is 214 g/mol. The van der Waals surface area contributed by atoms with E-state index in [0.717, 1.165) is 25.3 Å². The van der Waals surface area contributed by atoms with Crippen molar-refractivity contribution in [1.82, 2.24) is 4.90 Å². The van der Waals surface area contributed by atoms with E-state index in [4.69, 9.17) is 5.73 Å². The van der Waals surface area contributed by atoms with Gasteiger partial charge in [-0.05, 0) is 37.8 Å². The normalized spacial score (nSPS) is 15.0. The fourth-order valence-electron chi connectivity index (χ4n) is 1.99. The molecule has 0 bridgehead atoms. The largest absolute Gasteiger partial charge is 0.328 e. The van der Waals surface area contributed by atoms with Gasteiger partial charge in [0.1, 0.15) is 0 Å². The lowest BCUT2D eigenvalue weighted by Crippen LogP contribution is -2.32. The molecule has 0 heterocycles. The Balaban J connectivity index is 3.66. The maximum absolute atomic E-state index is 6.11. The van der Waals surface area contributed by atoms with Crippen LogP contribution in [0, 0.1) is 11.3 Å². The van der Waals surface area contributed by atoms with Gasteiger partial charge in [0, 0.05) is 12.6 Å². The van der Waals surface area contributed by atoms with Crippen molar-refractivity contribution < 1.29 is 0 Å². The molecule has 0 fully saturated rings. The van der Waals surface area contributed by atoms with E-state index in [-0.39, 0.29) is 0 Å². The zero-order chi connectivity index (χ0) is 12.1. The van der Waals surface area contributed by atoms with Crippen molar-refractivity contribution in [1.29, 1.82) is 0 Å². The monoisotopic (exact) mass is 214 g/mol. The van der Waals surface area contributed by atoms with Crippen LogP contribution in [0.25, 0.3) is 0 Å². The minimum absolute atomic E-state index is 0.347. The molecule has 15 heavy (non-hydrogen) atoms. The molecule has 1 unspecified atom stereocenters. The molecule has 0 saturated heterocycles. The van der Waals surface area contributed by atoms with Crippen molar-refractivity contribution in [2.45, 2.75) is 53.5 Å².